The average molecular weight is 530 g/mol. The van der Waals surface area contributed by atoms with E-state index in [-0.39, 0.29) is 30.5 Å². The molecular weight excluding hydrogens is 502 g/mol. The van der Waals surface area contributed by atoms with Crippen LogP contribution in [-0.4, -0.2) is 83.6 Å². The van der Waals surface area contributed by atoms with Gasteiger partial charge in [-0.3, -0.25) is 4.79 Å². The summed E-state index contributed by atoms with van der Waals surface area (Å²) in [7, 11) is 4.03. The summed E-state index contributed by atoms with van der Waals surface area (Å²) in [5.41, 5.74) is 2.26. The molecule has 2 aromatic rings. The lowest BCUT2D eigenvalue weighted by Crippen LogP contribution is -2.48. The molecule has 2 aromatic carbocycles. The SMILES string of the molecule is COC(=O)C1=C(C(=O)OC)N(c2ccc(N3CCN(C(=O)c4cc(Cl)ccc4OC)CC3)cc2)COC1. The number of ether oxygens (including phenoxy) is 4. The third-order valence-corrected chi connectivity index (χ3v) is 6.55. The number of carbonyl (C=O) groups excluding carboxylic acids is 3. The summed E-state index contributed by atoms with van der Waals surface area (Å²) in [6.07, 6.45) is 0. The molecule has 1 fully saturated rings. The Morgan fingerprint density at radius 2 is 1.51 bits per heavy atom. The molecule has 0 saturated carbocycles. The topological polar surface area (TPSA) is 97.9 Å². The van der Waals surface area contributed by atoms with Crippen LogP contribution < -0.4 is 14.5 Å². The minimum atomic E-state index is -0.649. The van der Waals surface area contributed by atoms with Crippen molar-refractivity contribution < 1.29 is 33.3 Å². The zero-order valence-corrected chi connectivity index (χ0v) is 21.6. The predicted octanol–water partition coefficient (Wildman–Crippen LogP) is 2.71. The normalized spacial score (nSPS) is 15.9. The van der Waals surface area contributed by atoms with Gasteiger partial charge in [-0.25, -0.2) is 9.59 Å². The predicted molar refractivity (Wildman–Crippen MR) is 137 cm³/mol. The second-order valence-corrected chi connectivity index (χ2v) is 8.79. The molecule has 0 radical (unpaired) electrons. The third kappa shape index (κ3) is 5.50. The fourth-order valence-corrected chi connectivity index (χ4v) is 4.55. The zero-order valence-electron chi connectivity index (χ0n) is 20.9. The molecule has 0 N–H and O–H groups in total. The van der Waals surface area contributed by atoms with E-state index in [9.17, 15) is 14.4 Å². The van der Waals surface area contributed by atoms with E-state index >= 15 is 0 Å². The maximum atomic E-state index is 13.1. The number of piperazine rings is 1. The number of amides is 1. The number of esters is 2. The molecule has 0 spiro atoms. The first-order valence-corrected chi connectivity index (χ1v) is 12.0. The zero-order chi connectivity index (χ0) is 26.5. The quantitative estimate of drug-likeness (QED) is 0.523. The molecule has 1 amide bonds. The number of benzene rings is 2. The second kappa shape index (κ2) is 11.5. The second-order valence-electron chi connectivity index (χ2n) is 8.36. The molecule has 0 unspecified atom stereocenters. The van der Waals surface area contributed by atoms with Crippen LogP contribution >= 0.6 is 11.6 Å². The van der Waals surface area contributed by atoms with Crippen LogP contribution in [0.2, 0.25) is 5.02 Å². The molecule has 10 nitrogen and oxygen atoms in total. The molecule has 0 aromatic heterocycles. The van der Waals surface area contributed by atoms with Crippen LogP contribution in [0.1, 0.15) is 10.4 Å². The fourth-order valence-electron chi connectivity index (χ4n) is 4.38. The average Bonchev–Trinajstić information content (AvgIpc) is 2.95. The van der Waals surface area contributed by atoms with E-state index in [0.717, 1.165) is 5.69 Å². The summed E-state index contributed by atoms with van der Waals surface area (Å²) in [4.78, 5) is 43.3. The summed E-state index contributed by atoms with van der Waals surface area (Å²) >= 11 is 6.10. The molecule has 11 heteroatoms. The van der Waals surface area contributed by atoms with Crippen molar-refractivity contribution in [1.82, 2.24) is 4.90 Å². The van der Waals surface area contributed by atoms with Gasteiger partial charge < -0.3 is 33.6 Å². The van der Waals surface area contributed by atoms with Crippen LogP contribution in [0.15, 0.2) is 53.7 Å². The Bertz CT molecular complexity index is 1210. The number of anilines is 2. The first-order chi connectivity index (χ1) is 17.9. The van der Waals surface area contributed by atoms with Gasteiger partial charge in [0.25, 0.3) is 5.91 Å². The lowest BCUT2D eigenvalue weighted by molar-refractivity contribution is -0.140. The van der Waals surface area contributed by atoms with Gasteiger partial charge in [0.2, 0.25) is 0 Å². The summed E-state index contributed by atoms with van der Waals surface area (Å²) in [5.74, 6) is -0.928. The number of hydrogen-bond acceptors (Lipinski definition) is 9. The van der Waals surface area contributed by atoms with Crippen LogP contribution in [0.3, 0.4) is 0 Å². The van der Waals surface area contributed by atoms with E-state index in [4.69, 9.17) is 30.5 Å². The standard InChI is InChI=1S/C26H28ClN3O7/c1-34-22-9-4-17(27)14-20(22)24(31)29-12-10-28(11-13-29)18-5-7-19(8-6-18)30-16-37-15-21(25(32)35-2)23(30)26(33)36-3/h4-9,14H,10-13,15-16H2,1-3H3. The summed E-state index contributed by atoms with van der Waals surface area (Å²) in [5, 5.41) is 0.478. The Morgan fingerprint density at radius 1 is 0.865 bits per heavy atom. The highest BCUT2D eigenvalue weighted by Gasteiger charge is 2.32. The number of rotatable bonds is 6. The summed E-state index contributed by atoms with van der Waals surface area (Å²) in [6, 6.07) is 12.5. The monoisotopic (exact) mass is 529 g/mol. The van der Waals surface area contributed by atoms with Gasteiger partial charge >= 0.3 is 11.9 Å². The Labute approximate surface area is 219 Å². The minimum Gasteiger partial charge on any atom is -0.496 e. The Kier molecular flexibility index (Phi) is 8.20. The van der Waals surface area contributed by atoms with Crippen molar-refractivity contribution in [3.05, 3.63) is 64.3 Å². The van der Waals surface area contributed by atoms with Crippen LogP contribution in [0.5, 0.6) is 5.75 Å². The van der Waals surface area contributed by atoms with Crippen molar-refractivity contribution in [2.24, 2.45) is 0 Å². The largest absolute Gasteiger partial charge is 0.496 e. The molecule has 2 aliphatic rings. The van der Waals surface area contributed by atoms with Crippen molar-refractivity contribution in [3.63, 3.8) is 0 Å². The molecule has 2 aliphatic heterocycles. The summed E-state index contributed by atoms with van der Waals surface area (Å²) < 4.78 is 20.6. The number of halogens is 1. The molecule has 2 heterocycles. The highest BCUT2D eigenvalue weighted by molar-refractivity contribution is 6.31. The van der Waals surface area contributed by atoms with Crippen molar-refractivity contribution in [3.8, 4) is 5.75 Å². The van der Waals surface area contributed by atoms with Gasteiger partial charge in [-0.15, -0.1) is 0 Å². The van der Waals surface area contributed by atoms with Gasteiger partial charge in [-0.05, 0) is 42.5 Å². The van der Waals surface area contributed by atoms with Crippen molar-refractivity contribution in [2.75, 3.05) is 70.6 Å². The van der Waals surface area contributed by atoms with Crippen LogP contribution in [-0.2, 0) is 23.8 Å². The highest BCUT2D eigenvalue weighted by Crippen LogP contribution is 2.29. The van der Waals surface area contributed by atoms with E-state index in [1.807, 2.05) is 24.3 Å². The molecule has 0 bridgehead atoms. The lowest BCUT2D eigenvalue weighted by atomic mass is 10.1. The van der Waals surface area contributed by atoms with E-state index in [0.29, 0.717) is 48.2 Å². The van der Waals surface area contributed by atoms with E-state index in [1.54, 1.807) is 28.0 Å². The Morgan fingerprint density at radius 3 is 2.14 bits per heavy atom. The maximum Gasteiger partial charge on any atom is 0.355 e. The molecule has 0 aliphatic carbocycles. The first kappa shape index (κ1) is 26.3. The van der Waals surface area contributed by atoms with Crippen molar-refractivity contribution in [1.29, 1.82) is 0 Å². The van der Waals surface area contributed by atoms with E-state index in [2.05, 4.69) is 4.90 Å². The molecule has 1 saturated heterocycles. The molecule has 0 atom stereocenters. The smallest absolute Gasteiger partial charge is 0.355 e. The van der Waals surface area contributed by atoms with Gasteiger partial charge in [0, 0.05) is 42.6 Å². The Hall–Kier alpha value is -3.76. The van der Waals surface area contributed by atoms with Crippen LogP contribution in [0.4, 0.5) is 11.4 Å². The maximum absolute atomic E-state index is 13.1. The summed E-state index contributed by atoms with van der Waals surface area (Å²) in [6.45, 7) is 2.39. The number of carbonyl (C=O) groups is 3. The number of hydrogen-bond donors (Lipinski definition) is 0. The Balaban J connectivity index is 1.47. The number of methoxy groups -OCH3 is 3. The minimum absolute atomic E-state index is 0.0459. The molecular formula is C26H28ClN3O7. The third-order valence-electron chi connectivity index (χ3n) is 6.32. The fraction of sp³-hybridized carbons (Fsp3) is 0.346. The lowest BCUT2D eigenvalue weighted by Gasteiger charge is -2.36. The van der Waals surface area contributed by atoms with Gasteiger partial charge in [0.1, 0.15) is 18.2 Å². The van der Waals surface area contributed by atoms with Gasteiger partial charge in [0.15, 0.2) is 0 Å². The van der Waals surface area contributed by atoms with E-state index < -0.39 is 11.9 Å². The molecule has 196 valence electrons. The van der Waals surface area contributed by atoms with Gasteiger partial charge in [-0.2, -0.15) is 0 Å². The van der Waals surface area contributed by atoms with Gasteiger partial charge in [0.05, 0.1) is 39.1 Å². The highest BCUT2D eigenvalue weighted by atomic mass is 35.5. The molecule has 4 rings (SSSR count). The first-order valence-electron chi connectivity index (χ1n) is 11.6. The number of nitrogens with zero attached hydrogens (tertiary/aromatic N) is 3. The molecule has 37 heavy (non-hydrogen) atoms. The van der Waals surface area contributed by atoms with Crippen molar-refractivity contribution in [2.45, 2.75) is 0 Å². The van der Waals surface area contributed by atoms with Crippen LogP contribution in [0.25, 0.3) is 0 Å². The van der Waals surface area contributed by atoms with Crippen LogP contribution in [0, 0.1) is 0 Å². The van der Waals surface area contributed by atoms with Crippen molar-refractivity contribution >= 4 is 40.8 Å². The van der Waals surface area contributed by atoms with Gasteiger partial charge in [-0.1, -0.05) is 11.6 Å². The van der Waals surface area contributed by atoms with E-state index in [1.165, 1.54) is 21.3 Å².